The Morgan fingerprint density at radius 3 is 2.69 bits per heavy atom. The molecule has 2 aromatic rings. The quantitative estimate of drug-likeness (QED) is 0.0808. The maximum atomic E-state index is 12.8. The van der Waals surface area contributed by atoms with Crippen molar-refractivity contribution < 1.29 is 54.3 Å². The van der Waals surface area contributed by atoms with Crippen LogP contribution in [0.2, 0.25) is 4.34 Å². The van der Waals surface area contributed by atoms with E-state index in [9.17, 15) is 24.7 Å². The van der Waals surface area contributed by atoms with E-state index in [1.165, 1.54) is 28.9 Å². The summed E-state index contributed by atoms with van der Waals surface area (Å²) in [5, 5.41) is 27.8. The van der Waals surface area contributed by atoms with Gasteiger partial charge in [-0.15, -0.1) is 34.9 Å². The van der Waals surface area contributed by atoms with Crippen molar-refractivity contribution in [1.82, 2.24) is 20.2 Å². The van der Waals surface area contributed by atoms with Crippen LogP contribution in [0, 0.1) is 0 Å². The van der Waals surface area contributed by atoms with Crippen LogP contribution in [-0.2, 0) is 20.8 Å². The van der Waals surface area contributed by atoms with E-state index >= 15 is 0 Å². The number of nitrogens with two attached hydrogens (primary N) is 2. The Bertz CT molecular complexity index is 1240. The summed E-state index contributed by atoms with van der Waals surface area (Å²) in [6, 6.07) is -1.01. The average molecular weight is 584 g/mol. The van der Waals surface area contributed by atoms with E-state index in [1.807, 2.05) is 0 Å². The van der Waals surface area contributed by atoms with Gasteiger partial charge in [0.15, 0.2) is 16.0 Å². The van der Waals surface area contributed by atoms with Gasteiger partial charge in [-0.05, 0) is 0 Å². The maximum Gasteiger partial charge on any atom is 1.00 e. The largest absolute Gasteiger partial charge is 1.00 e. The second-order valence-corrected chi connectivity index (χ2v) is 11.6. The number of rotatable bonds is 8. The Morgan fingerprint density at radius 1 is 1.37 bits per heavy atom. The number of amides is 2. The number of carbonyl (C=O) groups is 3. The number of thiazole rings is 2. The fourth-order valence-corrected chi connectivity index (χ4v) is 7.40. The molecule has 2 amide bonds. The first-order chi connectivity index (χ1) is 16.2. The zero-order valence-corrected chi connectivity index (χ0v) is 23.9. The number of aliphatic carboxylic acids is 1. The number of nitrogens with zero attached hydrogens (tertiary/aromatic N) is 4. The first kappa shape index (κ1) is 28.0. The molecular weight excluding hydrogens is 569 g/mol. The standard InChI is InChI=1S/C17H16ClN7O5S4.Na/c18-11-5(21-17(20)34-11)1-2-31-7-4-32-14-9(13(27)25(14)10(7)15(28)29)23-12(26)8(24-30)6-3-33-16(19)22-6;/h3,9,14,30H,1-2,4H2,(H2,19,22)(H2,20,21)(H,23,26)(H,28,29);/q;+1/p-1/b24-8-;/t9-,14-;/m1./s1. The number of anilines is 2. The number of carboxylic acids is 1. The van der Waals surface area contributed by atoms with E-state index in [-0.39, 0.29) is 46.1 Å². The van der Waals surface area contributed by atoms with Gasteiger partial charge in [0.25, 0.3) is 11.8 Å². The van der Waals surface area contributed by atoms with E-state index in [2.05, 4.69) is 20.4 Å². The number of halogens is 1. The molecule has 1 fully saturated rings. The number of aryl methyl sites for hydroxylation is 1. The van der Waals surface area contributed by atoms with Crippen molar-refractivity contribution in [1.29, 1.82) is 0 Å². The van der Waals surface area contributed by atoms with Gasteiger partial charge in [-0.3, -0.25) is 14.5 Å². The Morgan fingerprint density at radius 2 is 2.11 bits per heavy atom. The third-order valence-electron chi connectivity index (χ3n) is 4.77. The van der Waals surface area contributed by atoms with Crippen molar-refractivity contribution in [2.75, 3.05) is 23.0 Å². The van der Waals surface area contributed by atoms with Gasteiger partial charge in [0.2, 0.25) is 0 Å². The third-order valence-corrected chi connectivity index (χ3v) is 9.17. The molecule has 0 radical (unpaired) electrons. The fourth-order valence-electron chi connectivity index (χ4n) is 3.29. The van der Waals surface area contributed by atoms with Crippen LogP contribution >= 0.6 is 57.8 Å². The number of fused-ring (bicyclic) bond motifs is 1. The minimum Gasteiger partial charge on any atom is -0.543 e. The normalized spacial score (nSPS) is 19.6. The number of carboxylic acid groups (broad SMARTS) is 1. The summed E-state index contributed by atoms with van der Waals surface area (Å²) >= 11 is 10.8. The summed E-state index contributed by atoms with van der Waals surface area (Å²) in [7, 11) is 0. The van der Waals surface area contributed by atoms with Gasteiger partial charge in [-0.1, -0.05) is 28.1 Å². The molecule has 0 aromatic carbocycles. The molecule has 2 aromatic heterocycles. The topological polar surface area (TPSA) is 200 Å². The monoisotopic (exact) mass is 583 g/mol. The van der Waals surface area contributed by atoms with Crippen LogP contribution in [0.4, 0.5) is 10.3 Å². The molecule has 0 aliphatic carbocycles. The van der Waals surface area contributed by atoms with Gasteiger partial charge < -0.3 is 31.9 Å². The number of hydrogen-bond donors (Lipinski definition) is 4. The summed E-state index contributed by atoms with van der Waals surface area (Å²) in [5.74, 6) is -2.18. The van der Waals surface area contributed by atoms with Crippen LogP contribution in [0.25, 0.3) is 0 Å². The van der Waals surface area contributed by atoms with Crippen molar-refractivity contribution in [2.45, 2.75) is 17.8 Å². The number of carbonyl (C=O) groups excluding carboxylic acids is 3. The first-order valence-corrected chi connectivity index (χ1v) is 13.5. The molecular formula is C17H15ClN7NaO5S4. The van der Waals surface area contributed by atoms with Crippen molar-refractivity contribution in [2.24, 2.45) is 5.16 Å². The molecule has 18 heteroatoms. The van der Waals surface area contributed by atoms with E-state index < -0.39 is 34.9 Å². The van der Waals surface area contributed by atoms with Crippen LogP contribution in [-0.4, -0.2) is 66.5 Å². The SMILES string of the molecule is Nc1nc(/C(=N/O)C(=O)N[C@@H]2C(=O)N3C(C(=O)[O-])=C(SCCc4nc(N)sc4Cl)CS[C@H]23)cs1.[Na+]. The molecule has 2 atom stereocenters. The summed E-state index contributed by atoms with van der Waals surface area (Å²) < 4.78 is 0.480. The predicted molar refractivity (Wildman–Crippen MR) is 130 cm³/mol. The van der Waals surface area contributed by atoms with Gasteiger partial charge in [0.05, 0.1) is 17.4 Å². The van der Waals surface area contributed by atoms with Crippen molar-refractivity contribution >= 4 is 91.6 Å². The van der Waals surface area contributed by atoms with E-state index in [0.717, 1.165) is 27.6 Å². The third kappa shape index (κ3) is 5.74. The molecule has 1 saturated heterocycles. The maximum absolute atomic E-state index is 12.8. The molecule has 0 bridgehead atoms. The summed E-state index contributed by atoms with van der Waals surface area (Å²) in [5.41, 5.74) is 11.2. The van der Waals surface area contributed by atoms with E-state index in [1.54, 1.807) is 0 Å². The zero-order chi connectivity index (χ0) is 24.6. The van der Waals surface area contributed by atoms with Gasteiger partial charge in [-0.2, -0.15) is 0 Å². The molecule has 0 spiro atoms. The van der Waals surface area contributed by atoms with Crippen LogP contribution in [0.15, 0.2) is 21.1 Å². The number of hydrogen-bond acceptors (Lipinski definition) is 14. The summed E-state index contributed by atoms with van der Waals surface area (Å²) in [6.07, 6.45) is 0.464. The van der Waals surface area contributed by atoms with Gasteiger partial charge in [-0.25, -0.2) is 9.97 Å². The Hall–Kier alpha value is -1.53. The van der Waals surface area contributed by atoms with Gasteiger partial charge in [0.1, 0.15) is 21.4 Å². The molecule has 0 unspecified atom stereocenters. The molecule has 2 aliphatic heterocycles. The molecule has 2 aliphatic rings. The Balaban J connectivity index is 0.00000342. The number of aromatic nitrogens is 2. The number of thioether (sulfide) groups is 2. The predicted octanol–water partition coefficient (Wildman–Crippen LogP) is -3.06. The average Bonchev–Trinajstić information content (AvgIpc) is 3.35. The van der Waals surface area contributed by atoms with Crippen LogP contribution in [0.1, 0.15) is 11.4 Å². The van der Waals surface area contributed by atoms with Crippen molar-refractivity contribution in [3.05, 3.63) is 31.7 Å². The summed E-state index contributed by atoms with van der Waals surface area (Å²) in [4.78, 5) is 46.8. The number of nitrogen functional groups attached to an aromatic ring is 2. The number of β-lactam (4-membered cyclic amide) rings is 1. The van der Waals surface area contributed by atoms with E-state index in [4.69, 9.17) is 23.1 Å². The van der Waals surface area contributed by atoms with Gasteiger partial charge >= 0.3 is 29.6 Å². The summed E-state index contributed by atoms with van der Waals surface area (Å²) in [6.45, 7) is 0. The number of oxime groups is 1. The van der Waals surface area contributed by atoms with Crippen LogP contribution < -0.4 is 51.4 Å². The molecule has 0 saturated carbocycles. The van der Waals surface area contributed by atoms with Crippen molar-refractivity contribution in [3.8, 4) is 0 Å². The minimum absolute atomic E-state index is 0. The second kappa shape index (κ2) is 11.7. The van der Waals surface area contributed by atoms with Gasteiger partial charge in [0, 0.05) is 28.2 Å². The minimum atomic E-state index is -1.49. The molecule has 4 rings (SSSR count). The van der Waals surface area contributed by atoms with Crippen LogP contribution in [0.3, 0.4) is 0 Å². The van der Waals surface area contributed by atoms with Crippen LogP contribution in [0.5, 0.6) is 0 Å². The molecule has 12 nitrogen and oxygen atoms in total. The van der Waals surface area contributed by atoms with Crippen molar-refractivity contribution in [3.63, 3.8) is 0 Å². The molecule has 35 heavy (non-hydrogen) atoms. The zero-order valence-electron chi connectivity index (χ0n) is 17.9. The fraction of sp³-hybridized carbons (Fsp3) is 0.294. The first-order valence-electron chi connectivity index (χ1n) is 9.38. The molecule has 4 heterocycles. The number of nitrogens with one attached hydrogen (secondary N) is 1. The Labute approximate surface area is 241 Å². The second-order valence-electron chi connectivity index (χ2n) is 6.81. The smallest absolute Gasteiger partial charge is 0.543 e. The Kier molecular flexibility index (Phi) is 9.36. The molecule has 6 N–H and O–H groups in total. The molecule has 180 valence electrons. The van der Waals surface area contributed by atoms with E-state index in [0.29, 0.717) is 38.0 Å².